The zero-order chi connectivity index (χ0) is 10.2. The van der Waals surface area contributed by atoms with Gasteiger partial charge in [0.2, 0.25) is 0 Å². The van der Waals surface area contributed by atoms with Crippen LogP contribution in [0, 0.1) is 0 Å². The Morgan fingerprint density at radius 3 is 2.64 bits per heavy atom. The number of thioether (sulfide) groups is 1. The lowest BCUT2D eigenvalue weighted by molar-refractivity contribution is 0.242. The zero-order valence-corrected chi connectivity index (χ0v) is 10.1. The van der Waals surface area contributed by atoms with Crippen LogP contribution in [0.15, 0.2) is 0 Å². The topological polar surface area (TPSA) is 23.5 Å². The van der Waals surface area contributed by atoms with Crippen LogP contribution in [0.1, 0.15) is 32.6 Å². The fourth-order valence-corrected chi connectivity index (χ4v) is 2.87. The summed E-state index contributed by atoms with van der Waals surface area (Å²) in [7, 11) is 0. The average Bonchev–Trinajstić information content (AvgIpc) is 2.20. The molecule has 14 heavy (non-hydrogen) atoms. The molecule has 0 aromatic rings. The third-order valence-corrected chi connectivity index (χ3v) is 4.02. The first-order chi connectivity index (χ1) is 6.83. The van der Waals surface area contributed by atoms with Crippen LogP contribution < -0.4 is 0 Å². The number of piperidine rings is 1. The van der Waals surface area contributed by atoms with Crippen LogP contribution in [0.25, 0.3) is 0 Å². The van der Waals surface area contributed by atoms with Crippen LogP contribution in [0.3, 0.4) is 0 Å². The fraction of sp³-hybridized carbons (Fsp3) is 1.00. The van der Waals surface area contributed by atoms with E-state index in [2.05, 4.69) is 11.8 Å². The first-order valence-electron chi connectivity index (χ1n) is 5.77. The minimum Gasteiger partial charge on any atom is -0.396 e. The van der Waals surface area contributed by atoms with E-state index in [0.717, 1.165) is 6.42 Å². The predicted molar refractivity (Wildman–Crippen MR) is 63.9 cm³/mol. The van der Waals surface area contributed by atoms with Gasteiger partial charge in [0.1, 0.15) is 0 Å². The van der Waals surface area contributed by atoms with Crippen LogP contribution in [0.4, 0.5) is 0 Å². The molecule has 0 aromatic carbocycles. The first kappa shape index (κ1) is 12.3. The van der Waals surface area contributed by atoms with Gasteiger partial charge in [0.05, 0.1) is 0 Å². The van der Waals surface area contributed by atoms with Crippen molar-refractivity contribution in [1.29, 1.82) is 0 Å². The highest BCUT2D eigenvalue weighted by Crippen LogP contribution is 2.15. The molecule has 1 heterocycles. The van der Waals surface area contributed by atoms with E-state index in [1.165, 1.54) is 44.6 Å². The lowest BCUT2D eigenvalue weighted by atomic mass is 10.1. The standard InChI is InChI=1S/C11H23NOS/c1-11(5-9-13)14-10-8-12-6-3-2-4-7-12/h11,13H,2-10H2,1H3. The summed E-state index contributed by atoms with van der Waals surface area (Å²) in [6.07, 6.45) is 5.13. The normalized spacial score (nSPS) is 21.0. The van der Waals surface area contributed by atoms with E-state index in [4.69, 9.17) is 5.11 Å². The maximum atomic E-state index is 8.76. The van der Waals surface area contributed by atoms with Crippen LogP contribution >= 0.6 is 11.8 Å². The Morgan fingerprint density at radius 1 is 1.29 bits per heavy atom. The van der Waals surface area contributed by atoms with Gasteiger partial charge in [0, 0.05) is 24.2 Å². The highest BCUT2D eigenvalue weighted by Gasteiger charge is 2.10. The maximum absolute atomic E-state index is 8.76. The number of hydrogen-bond acceptors (Lipinski definition) is 3. The van der Waals surface area contributed by atoms with E-state index in [1.54, 1.807) is 0 Å². The summed E-state index contributed by atoms with van der Waals surface area (Å²) in [5.41, 5.74) is 0. The SMILES string of the molecule is CC(CCO)SCCN1CCCCC1. The van der Waals surface area contributed by atoms with Crippen LogP contribution in [-0.2, 0) is 0 Å². The molecule has 1 rings (SSSR count). The van der Waals surface area contributed by atoms with Gasteiger partial charge < -0.3 is 10.0 Å². The van der Waals surface area contributed by atoms with Gasteiger partial charge in [-0.25, -0.2) is 0 Å². The highest BCUT2D eigenvalue weighted by atomic mass is 32.2. The van der Waals surface area contributed by atoms with Crippen molar-refractivity contribution >= 4 is 11.8 Å². The average molecular weight is 217 g/mol. The van der Waals surface area contributed by atoms with Gasteiger partial charge in [-0.1, -0.05) is 13.3 Å². The molecule has 0 amide bonds. The summed E-state index contributed by atoms with van der Waals surface area (Å²) in [6.45, 7) is 6.37. The Balaban J connectivity index is 1.96. The van der Waals surface area contributed by atoms with E-state index < -0.39 is 0 Å². The first-order valence-corrected chi connectivity index (χ1v) is 6.82. The molecule has 84 valence electrons. The smallest absolute Gasteiger partial charge is 0.0441 e. The zero-order valence-electron chi connectivity index (χ0n) is 9.24. The summed E-state index contributed by atoms with van der Waals surface area (Å²) >= 11 is 1.99. The van der Waals surface area contributed by atoms with Crippen molar-refractivity contribution in [2.45, 2.75) is 37.9 Å². The summed E-state index contributed by atoms with van der Waals surface area (Å²) in [4.78, 5) is 2.57. The van der Waals surface area contributed by atoms with Gasteiger partial charge in [0.25, 0.3) is 0 Å². The molecular formula is C11H23NOS. The second-order valence-corrected chi connectivity index (χ2v) is 5.64. The van der Waals surface area contributed by atoms with Gasteiger partial charge in [-0.05, 0) is 32.4 Å². The second kappa shape index (κ2) is 7.55. The van der Waals surface area contributed by atoms with Crippen molar-refractivity contribution in [3.8, 4) is 0 Å². The quantitative estimate of drug-likeness (QED) is 0.736. The monoisotopic (exact) mass is 217 g/mol. The summed E-state index contributed by atoms with van der Waals surface area (Å²) in [5.74, 6) is 1.22. The molecule has 3 heteroatoms. The predicted octanol–water partition coefficient (Wildman–Crippen LogP) is 1.98. The molecule has 0 radical (unpaired) electrons. The number of likely N-dealkylation sites (tertiary alicyclic amines) is 1. The van der Waals surface area contributed by atoms with Crippen molar-refractivity contribution in [3.63, 3.8) is 0 Å². The van der Waals surface area contributed by atoms with Gasteiger partial charge in [-0.15, -0.1) is 0 Å². The highest BCUT2D eigenvalue weighted by molar-refractivity contribution is 7.99. The lowest BCUT2D eigenvalue weighted by Gasteiger charge is -2.26. The maximum Gasteiger partial charge on any atom is 0.0441 e. The van der Waals surface area contributed by atoms with Gasteiger partial charge in [0.15, 0.2) is 0 Å². The third-order valence-electron chi connectivity index (χ3n) is 2.79. The molecule has 1 aliphatic heterocycles. The number of rotatable bonds is 6. The minimum atomic E-state index is 0.331. The van der Waals surface area contributed by atoms with E-state index in [0.29, 0.717) is 11.9 Å². The number of hydrogen-bond donors (Lipinski definition) is 1. The van der Waals surface area contributed by atoms with Crippen LogP contribution in [0.2, 0.25) is 0 Å². The number of aliphatic hydroxyl groups excluding tert-OH is 1. The van der Waals surface area contributed by atoms with Crippen LogP contribution in [-0.4, -0.2) is 47.3 Å². The lowest BCUT2D eigenvalue weighted by Crippen LogP contribution is -2.31. The largest absolute Gasteiger partial charge is 0.396 e. The van der Waals surface area contributed by atoms with Crippen molar-refractivity contribution < 1.29 is 5.11 Å². The molecule has 0 bridgehead atoms. The fourth-order valence-electron chi connectivity index (χ4n) is 1.83. The summed E-state index contributed by atoms with van der Waals surface area (Å²) in [6, 6.07) is 0. The Bertz CT molecular complexity index is 137. The summed E-state index contributed by atoms with van der Waals surface area (Å²) in [5, 5.41) is 9.38. The van der Waals surface area contributed by atoms with E-state index in [9.17, 15) is 0 Å². The molecule has 0 aromatic heterocycles. The van der Waals surface area contributed by atoms with E-state index in [-0.39, 0.29) is 0 Å². The third kappa shape index (κ3) is 5.23. The number of nitrogens with zero attached hydrogens (tertiary/aromatic N) is 1. The Labute approximate surface area is 92.1 Å². The van der Waals surface area contributed by atoms with Gasteiger partial charge in [-0.3, -0.25) is 0 Å². The van der Waals surface area contributed by atoms with Crippen molar-refractivity contribution in [2.75, 3.05) is 32.0 Å². The molecule has 0 aliphatic carbocycles. The Kier molecular flexibility index (Phi) is 6.65. The molecule has 1 aliphatic rings. The summed E-state index contributed by atoms with van der Waals surface area (Å²) < 4.78 is 0. The number of aliphatic hydroxyl groups is 1. The second-order valence-electron chi connectivity index (χ2n) is 4.10. The Hall–Kier alpha value is 0.270. The van der Waals surface area contributed by atoms with Gasteiger partial charge in [-0.2, -0.15) is 11.8 Å². The molecule has 0 spiro atoms. The molecule has 2 nitrogen and oxygen atoms in total. The van der Waals surface area contributed by atoms with Crippen molar-refractivity contribution in [2.24, 2.45) is 0 Å². The molecular weight excluding hydrogens is 194 g/mol. The van der Waals surface area contributed by atoms with Gasteiger partial charge >= 0.3 is 0 Å². The van der Waals surface area contributed by atoms with Crippen LogP contribution in [0.5, 0.6) is 0 Å². The molecule has 1 atom stereocenters. The Morgan fingerprint density at radius 2 is 2.00 bits per heavy atom. The van der Waals surface area contributed by atoms with Crippen molar-refractivity contribution in [1.82, 2.24) is 4.90 Å². The van der Waals surface area contributed by atoms with E-state index in [1.807, 2.05) is 11.8 Å². The van der Waals surface area contributed by atoms with E-state index >= 15 is 0 Å². The molecule has 1 saturated heterocycles. The molecule has 1 fully saturated rings. The molecule has 1 unspecified atom stereocenters. The molecule has 1 N–H and O–H groups in total. The van der Waals surface area contributed by atoms with Crippen molar-refractivity contribution in [3.05, 3.63) is 0 Å². The minimum absolute atomic E-state index is 0.331. The molecule has 0 saturated carbocycles.